The normalized spacial score (nSPS) is 12.7. The topological polar surface area (TPSA) is 94.8 Å². The SMILES string of the molecule is CCOC(=O)Cn1c(=NC(=O)C=Cc2cccs2)sc2cc(S(C)(=O)=O)ccc21. The number of esters is 1. The second kappa shape index (κ2) is 8.85. The third-order valence-electron chi connectivity index (χ3n) is 3.81. The number of rotatable bonds is 6. The van der Waals surface area contributed by atoms with E-state index in [1.54, 1.807) is 23.6 Å². The lowest BCUT2D eigenvalue weighted by atomic mass is 10.3. The average Bonchev–Trinajstić information content (AvgIpc) is 3.27. The van der Waals surface area contributed by atoms with Crippen LogP contribution >= 0.6 is 22.7 Å². The fourth-order valence-corrected chi connectivity index (χ4v) is 4.94. The number of hydrogen-bond donors (Lipinski definition) is 0. The van der Waals surface area contributed by atoms with Crippen molar-refractivity contribution in [1.82, 2.24) is 4.57 Å². The molecule has 2 aromatic heterocycles. The predicted molar refractivity (Wildman–Crippen MR) is 113 cm³/mol. The van der Waals surface area contributed by atoms with Crippen molar-refractivity contribution in [2.75, 3.05) is 12.9 Å². The smallest absolute Gasteiger partial charge is 0.326 e. The lowest BCUT2D eigenvalue weighted by Gasteiger charge is -2.05. The third kappa shape index (κ3) is 5.28. The summed E-state index contributed by atoms with van der Waals surface area (Å²) in [5.74, 6) is -0.951. The Bertz CT molecular complexity index is 1250. The molecule has 0 aliphatic rings. The molecule has 0 aliphatic carbocycles. The van der Waals surface area contributed by atoms with Gasteiger partial charge in [-0.3, -0.25) is 9.59 Å². The van der Waals surface area contributed by atoms with Gasteiger partial charge in [-0.25, -0.2) is 8.42 Å². The van der Waals surface area contributed by atoms with E-state index in [2.05, 4.69) is 4.99 Å². The molecule has 0 spiro atoms. The minimum atomic E-state index is -3.39. The van der Waals surface area contributed by atoms with E-state index in [0.29, 0.717) is 15.0 Å². The first-order valence-electron chi connectivity index (χ1n) is 8.57. The number of carbonyl (C=O) groups is 2. The number of hydrogen-bond acceptors (Lipinski definition) is 7. The van der Waals surface area contributed by atoms with Crippen LogP contribution < -0.4 is 4.80 Å². The molecule has 0 bridgehead atoms. The second-order valence-electron chi connectivity index (χ2n) is 5.98. The van der Waals surface area contributed by atoms with E-state index in [9.17, 15) is 18.0 Å². The maximum atomic E-state index is 12.3. The van der Waals surface area contributed by atoms with Crippen LogP contribution in [0.25, 0.3) is 16.3 Å². The van der Waals surface area contributed by atoms with E-state index in [1.165, 1.54) is 29.5 Å². The number of sulfone groups is 1. The van der Waals surface area contributed by atoms with Gasteiger partial charge in [0.25, 0.3) is 5.91 Å². The molecule has 0 fully saturated rings. The maximum Gasteiger partial charge on any atom is 0.326 e. The number of thiazole rings is 1. The van der Waals surface area contributed by atoms with Gasteiger partial charge < -0.3 is 9.30 Å². The van der Waals surface area contributed by atoms with Crippen molar-refractivity contribution >= 4 is 60.7 Å². The number of aromatic nitrogens is 1. The van der Waals surface area contributed by atoms with Crippen LogP contribution in [0.15, 0.2) is 51.7 Å². The highest BCUT2D eigenvalue weighted by Gasteiger charge is 2.15. The van der Waals surface area contributed by atoms with Crippen LogP contribution in [-0.4, -0.2) is 37.7 Å². The molecule has 0 radical (unpaired) electrons. The maximum absolute atomic E-state index is 12.3. The number of ether oxygens (including phenoxy) is 1. The Morgan fingerprint density at radius 2 is 2.07 bits per heavy atom. The minimum Gasteiger partial charge on any atom is -0.465 e. The zero-order valence-electron chi connectivity index (χ0n) is 15.7. The van der Waals surface area contributed by atoms with Crippen LogP contribution in [0.5, 0.6) is 0 Å². The molecule has 0 aliphatic heterocycles. The molecule has 10 heteroatoms. The molecule has 1 aromatic carbocycles. The number of fused-ring (bicyclic) bond motifs is 1. The van der Waals surface area contributed by atoms with E-state index < -0.39 is 21.7 Å². The minimum absolute atomic E-state index is 0.132. The zero-order chi connectivity index (χ0) is 21.0. The van der Waals surface area contributed by atoms with Crippen molar-refractivity contribution in [3.8, 4) is 0 Å². The summed E-state index contributed by atoms with van der Waals surface area (Å²) in [6.45, 7) is 1.80. The standard InChI is InChI=1S/C19H18N2O5S3/c1-3-26-18(23)12-21-15-8-7-14(29(2,24)25)11-16(15)28-19(21)20-17(22)9-6-13-5-4-10-27-13/h4-11H,3,12H2,1-2H3. The molecule has 7 nitrogen and oxygen atoms in total. The molecule has 29 heavy (non-hydrogen) atoms. The van der Waals surface area contributed by atoms with Crippen LogP contribution in [-0.2, 0) is 30.7 Å². The molecule has 1 amide bonds. The van der Waals surface area contributed by atoms with E-state index in [-0.39, 0.29) is 18.0 Å². The first-order chi connectivity index (χ1) is 13.8. The Labute approximate surface area is 175 Å². The van der Waals surface area contributed by atoms with Gasteiger partial charge in [0, 0.05) is 17.2 Å². The van der Waals surface area contributed by atoms with Crippen molar-refractivity contribution in [3.05, 3.63) is 51.5 Å². The molecule has 152 valence electrons. The van der Waals surface area contributed by atoms with Gasteiger partial charge in [-0.15, -0.1) is 11.3 Å². The van der Waals surface area contributed by atoms with E-state index in [4.69, 9.17) is 4.74 Å². The molecular weight excluding hydrogens is 432 g/mol. The molecule has 3 rings (SSSR count). The fourth-order valence-electron chi connectivity index (χ4n) is 2.53. The van der Waals surface area contributed by atoms with Gasteiger partial charge in [0.1, 0.15) is 6.54 Å². The Hall–Kier alpha value is -2.56. The number of nitrogens with zero attached hydrogens (tertiary/aromatic N) is 2. The van der Waals surface area contributed by atoms with Crippen molar-refractivity contribution in [2.24, 2.45) is 4.99 Å². The van der Waals surface area contributed by atoms with Gasteiger partial charge in [0.05, 0.1) is 21.7 Å². The van der Waals surface area contributed by atoms with Crippen molar-refractivity contribution in [3.63, 3.8) is 0 Å². The first kappa shape index (κ1) is 21.2. The Balaban J connectivity index is 2.07. The fraction of sp³-hybridized carbons (Fsp3) is 0.211. The van der Waals surface area contributed by atoms with Gasteiger partial charge in [0.15, 0.2) is 14.6 Å². The summed E-state index contributed by atoms with van der Waals surface area (Å²) in [4.78, 5) is 29.8. The molecule has 2 heterocycles. The summed E-state index contributed by atoms with van der Waals surface area (Å²) in [6.07, 6.45) is 4.15. The molecule has 0 saturated heterocycles. The summed E-state index contributed by atoms with van der Waals surface area (Å²) in [6, 6.07) is 8.34. The molecule has 0 N–H and O–H groups in total. The van der Waals surface area contributed by atoms with E-state index in [0.717, 1.165) is 22.5 Å². The lowest BCUT2D eigenvalue weighted by Crippen LogP contribution is -2.22. The number of thiophene rings is 1. The highest BCUT2D eigenvalue weighted by molar-refractivity contribution is 7.90. The molecule has 0 saturated carbocycles. The van der Waals surface area contributed by atoms with E-state index >= 15 is 0 Å². The van der Waals surface area contributed by atoms with Gasteiger partial charge in [-0.1, -0.05) is 17.4 Å². The largest absolute Gasteiger partial charge is 0.465 e. The molecular formula is C19H18N2O5S3. The number of carbonyl (C=O) groups excluding carboxylic acids is 2. The van der Waals surface area contributed by atoms with Gasteiger partial charge in [-0.05, 0) is 42.6 Å². The summed E-state index contributed by atoms with van der Waals surface area (Å²) in [7, 11) is -3.39. The van der Waals surface area contributed by atoms with Gasteiger partial charge in [-0.2, -0.15) is 4.99 Å². The van der Waals surface area contributed by atoms with Gasteiger partial charge in [0.2, 0.25) is 0 Å². The van der Waals surface area contributed by atoms with Crippen LogP contribution in [0.4, 0.5) is 0 Å². The molecule has 3 aromatic rings. The van der Waals surface area contributed by atoms with E-state index in [1.807, 2.05) is 17.5 Å². The first-order valence-corrected chi connectivity index (χ1v) is 12.2. The summed E-state index contributed by atoms with van der Waals surface area (Å²) in [5.41, 5.74) is 0.601. The second-order valence-corrected chi connectivity index (χ2v) is 9.98. The van der Waals surface area contributed by atoms with Crippen LogP contribution in [0.3, 0.4) is 0 Å². The summed E-state index contributed by atoms with van der Waals surface area (Å²) < 4.78 is 30.9. The van der Waals surface area contributed by atoms with Crippen molar-refractivity contribution in [2.45, 2.75) is 18.4 Å². The zero-order valence-corrected chi connectivity index (χ0v) is 18.1. The summed E-state index contributed by atoms with van der Waals surface area (Å²) >= 11 is 2.63. The Kier molecular flexibility index (Phi) is 6.46. The third-order valence-corrected chi connectivity index (χ3v) is 6.80. The van der Waals surface area contributed by atoms with Crippen molar-refractivity contribution < 1.29 is 22.7 Å². The van der Waals surface area contributed by atoms with Crippen LogP contribution in [0, 0.1) is 0 Å². The van der Waals surface area contributed by atoms with Crippen molar-refractivity contribution in [1.29, 1.82) is 0 Å². The Morgan fingerprint density at radius 1 is 1.28 bits per heavy atom. The van der Waals surface area contributed by atoms with Crippen LogP contribution in [0.1, 0.15) is 11.8 Å². The molecule has 0 atom stereocenters. The summed E-state index contributed by atoms with van der Waals surface area (Å²) in [5, 5.41) is 1.90. The number of amides is 1. The highest BCUT2D eigenvalue weighted by atomic mass is 32.2. The lowest BCUT2D eigenvalue weighted by molar-refractivity contribution is -0.143. The highest BCUT2D eigenvalue weighted by Crippen LogP contribution is 2.22. The van der Waals surface area contributed by atoms with Crippen LogP contribution in [0.2, 0.25) is 0 Å². The quantitative estimate of drug-likeness (QED) is 0.425. The van der Waals surface area contributed by atoms with Gasteiger partial charge >= 0.3 is 5.97 Å². The molecule has 0 unspecified atom stereocenters. The Morgan fingerprint density at radius 3 is 2.72 bits per heavy atom. The number of benzene rings is 1. The monoisotopic (exact) mass is 450 g/mol. The average molecular weight is 451 g/mol. The predicted octanol–water partition coefficient (Wildman–Crippen LogP) is 2.87.